The highest BCUT2D eigenvalue weighted by Gasteiger charge is 2.50. The Kier molecular flexibility index (Phi) is 5.01. The molecule has 2 aliphatic heterocycles. The number of nitrogens with one attached hydrogen (secondary N) is 1. The van der Waals surface area contributed by atoms with Crippen molar-refractivity contribution in [3.8, 4) is 22.6 Å². The number of para-hydroxylation sites is 1. The summed E-state index contributed by atoms with van der Waals surface area (Å²) < 4.78 is 6.57. The van der Waals surface area contributed by atoms with E-state index in [4.69, 9.17) is 4.74 Å². The molecule has 2 nitrogen and oxygen atoms in total. The van der Waals surface area contributed by atoms with E-state index in [0.717, 1.165) is 28.4 Å². The van der Waals surface area contributed by atoms with Gasteiger partial charge in [0.25, 0.3) is 0 Å². The van der Waals surface area contributed by atoms with Crippen LogP contribution in [0.5, 0.6) is 11.5 Å². The summed E-state index contributed by atoms with van der Waals surface area (Å²) in [7, 11) is 0. The van der Waals surface area contributed by atoms with Crippen LogP contribution >= 0.6 is 23.5 Å². The van der Waals surface area contributed by atoms with Crippen molar-refractivity contribution in [2.75, 3.05) is 5.32 Å². The monoisotopic (exact) mass is 561 g/mol. The number of ether oxygens (including phenoxy) is 1. The van der Waals surface area contributed by atoms with Crippen LogP contribution in [0.1, 0.15) is 22.3 Å². The minimum Gasteiger partial charge on any atom is -0.457 e. The van der Waals surface area contributed by atoms with Gasteiger partial charge >= 0.3 is 0 Å². The first-order valence-electron chi connectivity index (χ1n) is 13.8. The van der Waals surface area contributed by atoms with Crippen LogP contribution in [-0.4, -0.2) is 0 Å². The van der Waals surface area contributed by atoms with Gasteiger partial charge in [0, 0.05) is 42.1 Å². The lowest BCUT2D eigenvalue weighted by molar-refractivity contribution is 0.436. The summed E-state index contributed by atoms with van der Waals surface area (Å²) in [6, 6.07) is 48.1. The van der Waals surface area contributed by atoms with Gasteiger partial charge < -0.3 is 10.1 Å². The fraction of sp³-hybridized carbons (Fsp3) is 0.0270. The molecule has 0 bridgehead atoms. The third-order valence-electron chi connectivity index (χ3n) is 8.37. The minimum atomic E-state index is -0.457. The molecule has 1 spiro atoms. The van der Waals surface area contributed by atoms with Gasteiger partial charge in [-0.25, -0.2) is 0 Å². The molecular formula is C37H23NOS2. The predicted octanol–water partition coefficient (Wildman–Crippen LogP) is 10.5. The quantitative estimate of drug-likeness (QED) is 0.227. The number of anilines is 2. The molecule has 0 fully saturated rings. The fourth-order valence-electron chi connectivity index (χ4n) is 6.71. The molecule has 6 aromatic carbocycles. The number of benzene rings is 6. The lowest BCUT2D eigenvalue weighted by atomic mass is 9.66. The first kappa shape index (κ1) is 23.3. The third kappa shape index (κ3) is 3.35. The molecule has 1 N–H and O–H groups in total. The van der Waals surface area contributed by atoms with Crippen molar-refractivity contribution in [1.29, 1.82) is 0 Å². The molecule has 194 valence electrons. The highest BCUT2D eigenvalue weighted by Crippen LogP contribution is 2.62. The van der Waals surface area contributed by atoms with Crippen molar-refractivity contribution in [3.63, 3.8) is 0 Å². The van der Waals surface area contributed by atoms with Gasteiger partial charge in [-0.2, -0.15) is 0 Å². The first-order chi connectivity index (χ1) is 20.3. The summed E-state index contributed by atoms with van der Waals surface area (Å²) in [5, 5.41) is 3.73. The molecule has 0 saturated heterocycles. The van der Waals surface area contributed by atoms with Crippen LogP contribution in [0.2, 0.25) is 0 Å². The second-order valence-electron chi connectivity index (χ2n) is 10.6. The molecule has 3 aliphatic rings. The summed E-state index contributed by atoms with van der Waals surface area (Å²) in [5.41, 5.74) is 9.19. The zero-order chi connectivity index (χ0) is 27.0. The summed E-state index contributed by atoms with van der Waals surface area (Å²) >= 11 is 3.69. The van der Waals surface area contributed by atoms with Crippen molar-refractivity contribution in [3.05, 3.63) is 156 Å². The van der Waals surface area contributed by atoms with Gasteiger partial charge in [0.1, 0.15) is 11.5 Å². The van der Waals surface area contributed by atoms with E-state index in [2.05, 4.69) is 139 Å². The topological polar surface area (TPSA) is 21.3 Å². The lowest BCUT2D eigenvalue weighted by Crippen LogP contribution is -2.32. The van der Waals surface area contributed by atoms with Gasteiger partial charge in [0.05, 0.1) is 5.41 Å². The van der Waals surface area contributed by atoms with Crippen LogP contribution in [0.4, 0.5) is 11.4 Å². The zero-order valence-corrected chi connectivity index (χ0v) is 23.6. The smallest absolute Gasteiger partial charge is 0.132 e. The maximum Gasteiger partial charge on any atom is 0.132 e. The Balaban J connectivity index is 1.19. The Morgan fingerprint density at radius 3 is 1.73 bits per heavy atom. The second-order valence-corrected chi connectivity index (χ2v) is 12.8. The second kappa shape index (κ2) is 8.81. The largest absolute Gasteiger partial charge is 0.457 e. The van der Waals surface area contributed by atoms with E-state index in [1.807, 2.05) is 23.5 Å². The highest BCUT2D eigenvalue weighted by molar-refractivity contribution is 8.05. The minimum absolute atomic E-state index is 0.457. The Labute approximate surface area is 247 Å². The van der Waals surface area contributed by atoms with Gasteiger partial charge in [-0.05, 0) is 76.9 Å². The highest BCUT2D eigenvalue weighted by atomic mass is 32.2. The van der Waals surface area contributed by atoms with E-state index in [0.29, 0.717) is 0 Å². The Morgan fingerprint density at radius 1 is 0.439 bits per heavy atom. The van der Waals surface area contributed by atoms with Gasteiger partial charge in [-0.3, -0.25) is 0 Å². The average Bonchev–Trinajstić information content (AvgIpc) is 3.31. The Bertz CT molecular complexity index is 1990. The normalized spacial score (nSPS) is 14.5. The predicted molar refractivity (Wildman–Crippen MR) is 168 cm³/mol. The van der Waals surface area contributed by atoms with Crippen LogP contribution in [-0.2, 0) is 5.41 Å². The molecular weight excluding hydrogens is 539 g/mol. The van der Waals surface area contributed by atoms with Gasteiger partial charge in [-0.1, -0.05) is 102 Å². The summed E-state index contributed by atoms with van der Waals surface area (Å²) in [6.07, 6.45) is 0. The van der Waals surface area contributed by atoms with Crippen LogP contribution < -0.4 is 10.1 Å². The molecule has 1 aliphatic carbocycles. The number of fused-ring (bicyclic) bond motifs is 11. The molecule has 9 rings (SSSR count). The summed E-state index contributed by atoms with van der Waals surface area (Å²) in [4.78, 5) is 5.22. The lowest BCUT2D eigenvalue weighted by Gasteiger charge is -2.39. The van der Waals surface area contributed by atoms with Crippen LogP contribution in [0.15, 0.2) is 153 Å². The molecule has 6 aromatic rings. The van der Waals surface area contributed by atoms with E-state index in [1.54, 1.807) is 0 Å². The van der Waals surface area contributed by atoms with Crippen molar-refractivity contribution < 1.29 is 4.74 Å². The Hall–Kier alpha value is -4.38. The van der Waals surface area contributed by atoms with Crippen molar-refractivity contribution in [2.24, 2.45) is 0 Å². The van der Waals surface area contributed by atoms with E-state index in [-0.39, 0.29) is 0 Å². The fourth-order valence-corrected chi connectivity index (χ4v) is 8.96. The average molecular weight is 562 g/mol. The molecule has 2 heterocycles. The van der Waals surface area contributed by atoms with E-state index < -0.39 is 5.41 Å². The van der Waals surface area contributed by atoms with Crippen LogP contribution in [0.3, 0.4) is 0 Å². The number of hydrogen-bond acceptors (Lipinski definition) is 4. The van der Waals surface area contributed by atoms with Crippen molar-refractivity contribution in [1.82, 2.24) is 0 Å². The molecule has 4 heteroatoms. The molecule has 0 aromatic heterocycles. The molecule has 0 radical (unpaired) electrons. The van der Waals surface area contributed by atoms with E-state index in [9.17, 15) is 0 Å². The van der Waals surface area contributed by atoms with Crippen molar-refractivity contribution >= 4 is 34.9 Å². The number of hydrogen-bond donors (Lipinski definition) is 1. The maximum atomic E-state index is 6.57. The molecule has 0 atom stereocenters. The molecule has 0 saturated carbocycles. The summed E-state index contributed by atoms with van der Waals surface area (Å²) in [5.74, 6) is 1.81. The van der Waals surface area contributed by atoms with Gasteiger partial charge in [0.2, 0.25) is 0 Å². The zero-order valence-electron chi connectivity index (χ0n) is 21.9. The Morgan fingerprint density at radius 2 is 0.976 bits per heavy atom. The van der Waals surface area contributed by atoms with Crippen molar-refractivity contribution in [2.45, 2.75) is 25.0 Å². The number of rotatable bonds is 2. The molecule has 0 unspecified atom stereocenters. The SMILES string of the molecule is c1ccc2c(c1)Oc1ccc(Nc3ccc4c(c3)Sc3ccccc3S4)cc1C21c2ccccc2-c2ccccc21. The standard InChI is InChI=1S/C37H23NOS2/c1-3-11-27-25(9-1)26-10-2-4-12-28(26)37(27)29-13-5-6-14-31(29)39-32-19-17-23(21-30(32)37)38-24-18-20-35-36(22-24)41-34-16-8-7-15-33(34)40-35/h1-22,38H. The third-order valence-corrected chi connectivity index (χ3v) is 10.9. The first-order valence-corrected chi connectivity index (χ1v) is 15.4. The molecule has 41 heavy (non-hydrogen) atoms. The van der Waals surface area contributed by atoms with Crippen LogP contribution in [0.25, 0.3) is 11.1 Å². The molecule has 0 amide bonds. The van der Waals surface area contributed by atoms with E-state index >= 15 is 0 Å². The summed E-state index contributed by atoms with van der Waals surface area (Å²) in [6.45, 7) is 0. The van der Waals surface area contributed by atoms with Gasteiger partial charge in [0.15, 0.2) is 0 Å². The van der Waals surface area contributed by atoms with E-state index in [1.165, 1.54) is 47.4 Å². The maximum absolute atomic E-state index is 6.57. The van der Waals surface area contributed by atoms with Crippen LogP contribution in [0, 0.1) is 0 Å². The van der Waals surface area contributed by atoms with Gasteiger partial charge in [-0.15, -0.1) is 0 Å².